The molecule has 0 spiro atoms. The van der Waals surface area contributed by atoms with E-state index >= 15 is 0 Å². The highest BCUT2D eigenvalue weighted by atomic mass is 16.5. The van der Waals surface area contributed by atoms with Gasteiger partial charge in [-0.3, -0.25) is 9.59 Å². The molecular weight excluding hydrogens is 1090 g/mol. The molecule has 0 radical (unpaired) electrons. The summed E-state index contributed by atoms with van der Waals surface area (Å²) in [6, 6.07) is -0.623. The largest absolute Gasteiger partial charge is 0.466 e. The van der Waals surface area contributed by atoms with E-state index in [-0.39, 0.29) is 18.5 Å². The van der Waals surface area contributed by atoms with Gasteiger partial charge < -0.3 is 20.3 Å². The second-order valence-electron chi connectivity index (χ2n) is 28.8. The molecule has 0 bridgehead atoms. The molecular formula is C83H163NO5. The van der Waals surface area contributed by atoms with Gasteiger partial charge >= 0.3 is 5.97 Å². The maximum absolute atomic E-state index is 12.5. The normalized spacial score (nSPS) is 12.4. The fraction of sp³-hybridized carbons (Fsp3) is 0.952. The fourth-order valence-electron chi connectivity index (χ4n) is 13.5. The van der Waals surface area contributed by atoms with E-state index in [1.165, 1.54) is 417 Å². The van der Waals surface area contributed by atoms with Crippen molar-refractivity contribution in [3.8, 4) is 0 Å². The van der Waals surface area contributed by atoms with Crippen LogP contribution in [0.2, 0.25) is 0 Å². The Morgan fingerprint density at radius 2 is 0.517 bits per heavy atom. The first kappa shape index (κ1) is 87.6. The minimum Gasteiger partial charge on any atom is -0.466 e. The van der Waals surface area contributed by atoms with Gasteiger partial charge in [-0.1, -0.05) is 450 Å². The van der Waals surface area contributed by atoms with E-state index in [4.69, 9.17) is 4.74 Å². The van der Waals surface area contributed by atoms with Gasteiger partial charge in [-0.2, -0.15) is 0 Å². The lowest BCUT2D eigenvalue weighted by Crippen LogP contribution is -2.45. The van der Waals surface area contributed by atoms with E-state index in [0.29, 0.717) is 19.4 Å². The van der Waals surface area contributed by atoms with Crippen molar-refractivity contribution in [3.63, 3.8) is 0 Å². The second kappa shape index (κ2) is 79.0. The third kappa shape index (κ3) is 75.5. The van der Waals surface area contributed by atoms with Gasteiger partial charge in [0.2, 0.25) is 5.91 Å². The zero-order chi connectivity index (χ0) is 64.2. The summed E-state index contributed by atoms with van der Waals surface area (Å²) in [5.74, 6) is -0.0291. The first-order valence-corrected chi connectivity index (χ1v) is 41.5. The SMILES string of the molecule is CCCCCCCCCCCCCCCCCC/C=C/C(O)C(CO)NC(=O)CCCCCCCCCCCCCCCCCCCCCCCCCCCCCCCCCCCCCCCOC(=O)CCCCCCCCCCCCCCCCCCC. The van der Waals surface area contributed by atoms with E-state index in [1.807, 2.05) is 6.08 Å². The maximum Gasteiger partial charge on any atom is 0.305 e. The van der Waals surface area contributed by atoms with Crippen LogP contribution in [-0.2, 0) is 14.3 Å². The molecule has 0 aliphatic heterocycles. The van der Waals surface area contributed by atoms with Crippen LogP contribution < -0.4 is 5.32 Å². The molecule has 0 aromatic carbocycles. The van der Waals surface area contributed by atoms with E-state index < -0.39 is 12.1 Å². The molecule has 1 amide bonds. The summed E-state index contributed by atoms with van der Waals surface area (Å²) in [7, 11) is 0. The predicted molar refractivity (Wildman–Crippen MR) is 394 cm³/mol. The van der Waals surface area contributed by atoms with Crippen molar-refractivity contribution in [1.82, 2.24) is 5.32 Å². The molecule has 2 atom stereocenters. The number of carbonyl (C=O) groups is 2. The van der Waals surface area contributed by atoms with Crippen molar-refractivity contribution in [2.24, 2.45) is 0 Å². The monoisotopic (exact) mass is 1250 g/mol. The molecule has 6 heteroatoms. The summed E-state index contributed by atoms with van der Waals surface area (Å²) >= 11 is 0. The Balaban J connectivity index is 3.30. The molecule has 0 aromatic rings. The Morgan fingerprint density at radius 3 is 0.764 bits per heavy atom. The van der Waals surface area contributed by atoms with Crippen LogP contribution in [0.25, 0.3) is 0 Å². The molecule has 0 saturated carbocycles. The third-order valence-electron chi connectivity index (χ3n) is 19.8. The molecule has 0 aromatic heterocycles. The maximum atomic E-state index is 12.5. The van der Waals surface area contributed by atoms with Crippen molar-refractivity contribution in [2.75, 3.05) is 13.2 Å². The molecule has 89 heavy (non-hydrogen) atoms. The quantitative estimate of drug-likeness (QED) is 0.0320. The lowest BCUT2D eigenvalue weighted by Gasteiger charge is -2.20. The summed E-state index contributed by atoms with van der Waals surface area (Å²) < 4.78 is 5.52. The highest BCUT2D eigenvalue weighted by Crippen LogP contribution is 2.21. The van der Waals surface area contributed by atoms with Crippen molar-refractivity contribution < 1.29 is 24.5 Å². The number of hydrogen-bond donors (Lipinski definition) is 3. The Kier molecular flexibility index (Phi) is 77.8. The molecule has 0 saturated heterocycles. The lowest BCUT2D eigenvalue weighted by atomic mass is 10.0. The summed E-state index contributed by atoms with van der Waals surface area (Å²) in [6.45, 7) is 4.97. The molecule has 0 rings (SSSR count). The van der Waals surface area contributed by atoms with Crippen molar-refractivity contribution >= 4 is 11.9 Å². The molecule has 0 fully saturated rings. The van der Waals surface area contributed by atoms with Gasteiger partial charge in [0.25, 0.3) is 0 Å². The number of unbranched alkanes of at least 4 members (excludes halogenated alkanes) is 68. The molecule has 3 N–H and O–H groups in total. The van der Waals surface area contributed by atoms with Crippen LogP contribution >= 0.6 is 0 Å². The van der Waals surface area contributed by atoms with E-state index in [1.54, 1.807) is 6.08 Å². The standard InChI is InChI=1S/C83H163NO5/c1-3-5-7-9-11-13-15-17-19-21-44-47-51-55-59-63-67-71-75-81(86)80(79-85)84-82(87)76-72-68-64-60-56-52-48-45-41-39-37-35-33-31-29-27-25-23-22-24-26-28-30-32-34-36-38-40-42-46-50-54-58-62-66-70-74-78-89-83(88)77-73-69-65-61-57-53-49-43-20-18-16-14-12-10-8-6-4-2/h71,75,80-81,85-86H,3-70,72-74,76-79H2,1-2H3,(H,84,87)/b75-71+. The molecule has 0 aliphatic rings. The highest BCUT2D eigenvalue weighted by molar-refractivity contribution is 5.76. The first-order valence-electron chi connectivity index (χ1n) is 41.5. The number of esters is 1. The van der Waals surface area contributed by atoms with Gasteiger partial charge in [0.15, 0.2) is 0 Å². The zero-order valence-corrected chi connectivity index (χ0v) is 61.0. The minimum atomic E-state index is -0.840. The van der Waals surface area contributed by atoms with E-state index in [0.717, 1.165) is 38.5 Å². The van der Waals surface area contributed by atoms with Crippen molar-refractivity contribution in [1.29, 1.82) is 0 Å². The Hall–Kier alpha value is -1.40. The number of hydrogen-bond acceptors (Lipinski definition) is 5. The van der Waals surface area contributed by atoms with E-state index in [2.05, 4.69) is 19.2 Å². The van der Waals surface area contributed by atoms with Crippen LogP contribution in [0, 0.1) is 0 Å². The van der Waals surface area contributed by atoms with Gasteiger partial charge in [-0.05, 0) is 32.1 Å². The summed E-state index contributed by atoms with van der Waals surface area (Å²) in [5.41, 5.74) is 0. The summed E-state index contributed by atoms with van der Waals surface area (Å²) in [5, 5.41) is 23.3. The lowest BCUT2D eigenvalue weighted by molar-refractivity contribution is -0.143. The van der Waals surface area contributed by atoms with Crippen LogP contribution in [0.4, 0.5) is 0 Å². The van der Waals surface area contributed by atoms with E-state index in [9.17, 15) is 19.8 Å². The van der Waals surface area contributed by atoms with Gasteiger partial charge in [0, 0.05) is 12.8 Å². The van der Waals surface area contributed by atoms with Crippen LogP contribution in [0.15, 0.2) is 12.2 Å². The topological polar surface area (TPSA) is 95.9 Å². The summed E-state index contributed by atoms with van der Waals surface area (Å²) in [4.78, 5) is 24.6. The molecule has 2 unspecified atom stereocenters. The fourth-order valence-corrected chi connectivity index (χ4v) is 13.5. The molecule has 6 nitrogen and oxygen atoms in total. The van der Waals surface area contributed by atoms with Crippen LogP contribution in [0.3, 0.4) is 0 Å². The highest BCUT2D eigenvalue weighted by Gasteiger charge is 2.18. The summed E-state index contributed by atoms with van der Waals surface area (Å²) in [6.07, 6.45) is 101. The van der Waals surface area contributed by atoms with Crippen molar-refractivity contribution in [3.05, 3.63) is 12.2 Å². The average Bonchev–Trinajstić information content (AvgIpc) is 3.57. The molecule has 530 valence electrons. The van der Waals surface area contributed by atoms with Crippen LogP contribution in [-0.4, -0.2) is 47.4 Å². The number of carbonyl (C=O) groups excluding carboxylic acids is 2. The zero-order valence-electron chi connectivity index (χ0n) is 61.0. The Morgan fingerprint density at radius 1 is 0.303 bits per heavy atom. The van der Waals surface area contributed by atoms with Crippen molar-refractivity contribution in [2.45, 2.75) is 495 Å². The van der Waals surface area contributed by atoms with Crippen LogP contribution in [0.1, 0.15) is 483 Å². The molecule has 0 aliphatic carbocycles. The predicted octanol–water partition coefficient (Wildman–Crippen LogP) is 27.4. The second-order valence-corrected chi connectivity index (χ2v) is 28.8. The van der Waals surface area contributed by atoms with Crippen LogP contribution in [0.5, 0.6) is 0 Å². The third-order valence-corrected chi connectivity index (χ3v) is 19.8. The number of amides is 1. The number of rotatable bonds is 79. The first-order chi connectivity index (χ1) is 44.0. The molecule has 0 heterocycles. The number of aliphatic hydroxyl groups excluding tert-OH is 2. The minimum absolute atomic E-state index is 0.0284. The number of nitrogens with one attached hydrogen (secondary N) is 1. The van der Waals surface area contributed by atoms with Gasteiger partial charge in [0.1, 0.15) is 0 Å². The number of allylic oxidation sites excluding steroid dienone is 1. The Bertz CT molecular complexity index is 1350. The van der Waals surface area contributed by atoms with Gasteiger partial charge in [0.05, 0.1) is 25.4 Å². The Labute approximate surface area is 559 Å². The number of aliphatic hydroxyl groups is 2. The number of ether oxygens (including phenoxy) is 1. The average molecular weight is 1260 g/mol. The van der Waals surface area contributed by atoms with Gasteiger partial charge in [-0.15, -0.1) is 0 Å². The smallest absolute Gasteiger partial charge is 0.305 e. The van der Waals surface area contributed by atoms with Gasteiger partial charge in [-0.25, -0.2) is 0 Å².